The lowest BCUT2D eigenvalue weighted by molar-refractivity contribution is 0.479. The maximum absolute atomic E-state index is 11.8. The number of para-hydroxylation sites is 1. The van der Waals surface area contributed by atoms with Gasteiger partial charge >= 0.3 is 10.6 Å². The Bertz CT molecular complexity index is 2230. The van der Waals surface area contributed by atoms with Gasteiger partial charge in [-0.15, -0.1) is 12.6 Å². The van der Waals surface area contributed by atoms with Crippen LogP contribution in [-0.4, -0.2) is 71.5 Å². The van der Waals surface area contributed by atoms with Gasteiger partial charge < -0.3 is 9.97 Å². The molecule has 5 N–H and O–H groups in total. The van der Waals surface area contributed by atoms with Gasteiger partial charge in [0.25, 0.3) is 30.4 Å². The molecular weight excluding hydrogens is 617 g/mol. The first-order valence-electron chi connectivity index (χ1n) is 10.3. The number of hydrogen-bond acceptors (Lipinski definition) is 11. The second kappa shape index (κ2) is 10.2. The van der Waals surface area contributed by atoms with Crippen molar-refractivity contribution in [1.29, 1.82) is 0 Å². The smallest absolute Gasteiger partial charge is 0.338 e. The number of fused-ring (bicyclic) bond motifs is 2. The molecule has 0 aliphatic rings. The van der Waals surface area contributed by atoms with E-state index in [4.69, 9.17) is 12.6 Å². The number of hydrogen-bond donors (Lipinski definition) is 5. The Morgan fingerprint density at radius 2 is 1.05 bits per heavy atom. The van der Waals surface area contributed by atoms with Crippen LogP contribution in [0.3, 0.4) is 0 Å². The molecule has 0 fully saturated rings. The summed E-state index contributed by atoms with van der Waals surface area (Å²) in [7, 11) is -17.3. The molecule has 0 spiro atoms. The number of benzene rings is 3. The van der Waals surface area contributed by atoms with E-state index in [0.29, 0.717) is 28.5 Å². The van der Waals surface area contributed by atoms with Crippen LogP contribution in [-0.2, 0) is 41.0 Å². The zero-order valence-corrected chi connectivity index (χ0v) is 22.5. The number of rotatable bonds is 5. The first-order chi connectivity index (χ1) is 18.4. The highest BCUT2D eigenvalue weighted by Gasteiger charge is 2.23. The minimum Gasteiger partial charge on any atom is -0.338 e. The average molecular weight is 631 g/mol. The number of nitrogens with one attached hydrogen (secondary N) is 2. The summed E-state index contributed by atoms with van der Waals surface area (Å²) in [4.78, 5) is 12.3. The largest absolute Gasteiger partial charge is 0.425 e. The maximum Gasteiger partial charge on any atom is 0.425 e. The number of aromatic amines is 2. The van der Waals surface area contributed by atoms with Gasteiger partial charge in [0.15, 0.2) is 0 Å². The first kappa shape index (κ1) is 28.9. The van der Waals surface area contributed by atoms with Crippen molar-refractivity contribution in [2.24, 2.45) is 0 Å². The van der Waals surface area contributed by atoms with E-state index in [9.17, 15) is 38.9 Å². The van der Waals surface area contributed by atoms with E-state index in [1.54, 1.807) is 30.3 Å². The summed E-state index contributed by atoms with van der Waals surface area (Å²) in [5, 5.41) is 0. The van der Waals surface area contributed by atoms with E-state index >= 15 is 0 Å². The highest BCUT2D eigenvalue weighted by atomic mass is 32.2. The van der Waals surface area contributed by atoms with Crippen molar-refractivity contribution in [3.05, 3.63) is 54.6 Å². The quantitative estimate of drug-likeness (QED) is 0.172. The van der Waals surface area contributed by atoms with Crippen molar-refractivity contribution in [2.45, 2.75) is 14.7 Å². The third-order valence-corrected chi connectivity index (χ3v) is 7.87. The number of aromatic nitrogens is 4. The van der Waals surface area contributed by atoms with Crippen LogP contribution >= 0.6 is 0 Å². The summed E-state index contributed by atoms with van der Waals surface area (Å²) < 4.78 is 124. The molecule has 0 saturated heterocycles. The van der Waals surface area contributed by atoms with Gasteiger partial charge in [-0.05, 0) is 24.3 Å². The maximum atomic E-state index is 11.8. The molecule has 16 nitrogen and oxygen atoms in total. The van der Waals surface area contributed by atoms with Crippen LogP contribution in [0.2, 0.25) is 0 Å². The highest BCUT2D eigenvalue weighted by molar-refractivity contribution is 7.87. The van der Waals surface area contributed by atoms with Crippen LogP contribution in [0.5, 0.6) is 0 Å². The second-order valence-corrected chi connectivity index (χ2v) is 12.5. The van der Waals surface area contributed by atoms with Gasteiger partial charge in [-0.1, -0.05) is 30.3 Å². The fraction of sp³-hybridized carbons (Fsp3) is 0. The predicted molar refractivity (Wildman–Crippen MR) is 136 cm³/mol. The molecule has 0 unspecified atom stereocenters. The minimum absolute atomic E-state index is 0.0590. The molecule has 5 aromatic rings. The second-order valence-electron chi connectivity index (χ2n) is 7.85. The Morgan fingerprint density at radius 3 is 1.50 bits per heavy atom. The Labute approximate surface area is 226 Å². The van der Waals surface area contributed by atoms with Crippen LogP contribution in [0.4, 0.5) is 0 Å². The van der Waals surface area contributed by atoms with Crippen LogP contribution in [0.15, 0.2) is 69.3 Å². The Kier molecular flexibility index (Phi) is 7.36. The molecule has 20 heteroatoms. The Morgan fingerprint density at radius 1 is 0.600 bits per heavy atom. The van der Waals surface area contributed by atoms with E-state index in [1.165, 1.54) is 12.1 Å². The van der Waals surface area contributed by atoms with Gasteiger partial charge in [0.05, 0.1) is 15.9 Å². The van der Waals surface area contributed by atoms with Crippen molar-refractivity contribution in [2.75, 3.05) is 0 Å². The van der Waals surface area contributed by atoms with Gasteiger partial charge in [-0.3, -0.25) is 13.7 Å². The van der Waals surface area contributed by atoms with E-state index < -0.39 is 50.8 Å². The van der Waals surface area contributed by atoms with Crippen molar-refractivity contribution in [3.8, 4) is 22.8 Å². The number of H-pyrrole nitrogens is 2. The molecule has 0 amide bonds. The molecule has 3 aromatic carbocycles. The Balaban J connectivity index is 0.000000867. The normalized spacial score (nSPS) is 12.3. The topological polar surface area (TPSA) is 272 Å². The van der Waals surface area contributed by atoms with Gasteiger partial charge in [0, 0.05) is 11.1 Å². The molecule has 40 heavy (non-hydrogen) atoms. The summed E-state index contributed by atoms with van der Waals surface area (Å²) in [6.07, 6.45) is 0. The standard InChI is InChI=1S/C20H14N4O9S3.O3S/c25-34(26,27)12-8-14-18(16(9-12)36(31,32)33)24-20(22-14)11-6-4-10(5-7-11)19-21-13-2-1-3-15(17(13)23-19)35(28,29)30;1-4(2)3/h1-9H,(H,21,23)(H,22,24)(H,25,26,27)(H,28,29,30)(H,31,32,33);. The summed E-state index contributed by atoms with van der Waals surface area (Å²) in [5.41, 5.74) is 1.13. The van der Waals surface area contributed by atoms with Crippen molar-refractivity contribution in [3.63, 3.8) is 0 Å². The molecule has 0 bridgehead atoms. The predicted octanol–water partition coefficient (Wildman–Crippen LogP) is 1.51. The van der Waals surface area contributed by atoms with E-state index in [1.807, 2.05) is 0 Å². The van der Waals surface area contributed by atoms with Crippen molar-refractivity contribution >= 4 is 63.0 Å². The highest BCUT2D eigenvalue weighted by Crippen LogP contribution is 2.30. The van der Waals surface area contributed by atoms with E-state index in [-0.39, 0.29) is 27.3 Å². The van der Waals surface area contributed by atoms with Crippen LogP contribution in [0.25, 0.3) is 44.8 Å². The van der Waals surface area contributed by atoms with Gasteiger partial charge in [-0.25, -0.2) is 9.97 Å². The zero-order valence-electron chi connectivity index (χ0n) is 19.2. The fourth-order valence-electron chi connectivity index (χ4n) is 3.68. The fourth-order valence-corrected chi connectivity index (χ4v) is 5.61. The molecule has 210 valence electrons. The number of imidazole rings is 2. The molecule has 0 aliphatic carbocycles. The lowest BCUT2D eigenvalue weighted by Gasteiger charge is -2.02. The third-order valence-electron chi connectivity index (χ3n) is 5.29. The van der Waals surface area contributed by atoms with Crippen LogP contribution < -0.4 is 0 Å². The number of nitrogens with zero attached hydrogens (tertiary/aromatic N) is 2. The van der Waals surface area contributed by atoms with Gasteiger partial charge in [-0.2, -0.15) is 25.3 Å². The lowest BCUT2D eigenvalue weighted by atomic mass is 10.1. The third kappa shape index (κ3) is 6.07. The minimum atomic E-state index is -4.88. The monoisotopic (exact) mass is 630 g/mol. The van der Waals surface area contributed by atoms with Gasteiger partial charge in [0.1, 0.15) is 32.5 Å². The average Bonchev–Trinajstić information content (AvgIpc) is 3.45. The van der Waals surface area contributed by atoms with E-state index in [2.05, 4.69) is 19.9 Å². The van der Waals surface area contributed by atoms with Crippen LogP contribution in [0.1, 0.15) is 0 Å². The summed E-state index contributed by atoms with van der Waals surface area (Å²) >= 11 is 0. The molecule has 0 atom stereocenters. The summed E-state index contributed by atoms with van der Waals surface area (Å²) in [6, 6.07) is 12.2. The Hall–Kier alpha value is -4.05. The molecule has 0 saturated carbocycles. The lowest BCUT2D eigenvalue weighted by Crippen LogP contribution is -2.04. The van der Waals surface area contributed by atoms with Crippen molar-refractivity contribution in [1.82, 2.24) is 19.9 Å². The first-order valence-corrected chi connectivity index (χ1v) is 15.6. The van der Waals surface area contributed by atoms with Gasteiger partial charge in [0.2, 0.25) is 0 Å². The molecule has 0 radical (unpaired) electrons. The molecule has 0 aliphatic heterocycles. The molecule has 2 heterocycles. The molecule has 2 aromatic heterocycles. The van der Waals surface area contributed by atoms with Crippen molar-refractivity contribution < 1.29 is 51.5 Å². The SMILES string of the molecule is O=S(=O)(O)c1cc(S(=O)(=O)O)c2nc(-c3ccc(-c4nc5c(S(=O)(=O)O)cccc5[nH]4)cc3)[nH]c2c1.O=S(=O)=O. The van der Waals surface area contributed by atoms with Crippen LogP contribution in [0, 0.1) is 0 Å². The van der Waals surface area contributed by atoms with E-state index in [0.717, 1.165) is 6.07 Å². The summed E-state index contributed by atoms with van der Waals surface area (Å²) in [5.74, 6) is 0.441. The molecule has 5 rings (SSSR count). The zero-order chi connectivity index (χ0) is 29.6. The summed E-state index contributed by atoms with van der Waals surface area (Å²) in [6.45, 7) is 0. The molecular formula is C20H14N4O12S4.